The average molecular weight is 388 g/mol. The van der Waals surface area contributed by atoms with Crippen LogP contribution in [0.5, 0.6) is 0 Å². The zero-order chi connectivity index (χ0) is 18.8. The molecule has 1 heterocycles. The van der Waals surface area contributed by atoms with E-state index < -0.39 is 0 Å². The second kappa shape index (κ2) is 7.72. The molecule has 0 aliphatic heterocycles. The largest absolute Gasteiger partial charge is 0.390 e. The second-order valence-corrected chi connectivity index (χ2v) is 6.91. The first-order chi connectivity index (χ1) is 12.4. The van der Waals surface area contributed by atoms with Crippen molar-refractivity contribution in [2.24, 2.45) is 5.73 Å². The molecule has 1 unspecified atom stereocenters. The van der Waals surface area contributed by atoms with E-state index in [0.29, 0.717) is 38.4 Å². The fourth-order valence-corrected chi connectivity index (χ4v) is 3.20. The summed E-state index contributed by atoms with van der Waals surface area (Å²) in [4.78, 5) is 9.32. The third kappa shape index (κ3) is 3.60. The molecule has 26 heavy (non-hydrogen) atoms. The van der Waals surface area contributed by atoms with Gasteiger partial charge in [0.25, 0.3) is 0 Å². The van der Waals surface area contributed by atoms with Crippen LogP contribution >= 0.6 is 23.2 Å². The number of hydrogen-bond acceptors (Lipinski definition) is 4. The van der Waals surface area contributed by atoms with E-state index >= 15 is 0 Å². The summed E-state index contributed by atoms with van der Waals surface area (Å²) >= 11 is 12.5. The van der Waals surface area contributed by atoms with Crippen molar-refractivity contribution in [2.75, 3.05) is 0 Å². The van der Waals surface area contributed by atoms with Crippen LogP contribution in [0, 0.1) is 6.92 Å². The van der Waals surface area contributed by atoms with Crippen LogP contribution in [0.4, 0.5) is 0 Å². The Morgan fingerprint density at radius 1 is 1.08 bits per heavy atom. The molecule has 0 radical (unpaired) electrons. The summed E-state index contributed by atoms with van der Waals surface area (Å²) < 4.78 is 0. The number of aliphatic hydroxyl groups excluding tert-OH is 1. The summed E-state index contributed by atoms with van der Waals surface area (Å²) in [7, 11) is 0. The van der Waals surface area contributed by atoms with Crippen LogP contribution in [-0.2, 0) is 6.61 Å². The molecular weight excluding hydrogens is 369 g/mol. The van der Waals surface area contributed by atoms with E-state index in [4.69, 9.17) is 33.9 Å². The Bertz CT molecular complexity index is 958. The Morgan fingerprint density at radius 3 is 2.50 bits per heavy atom. The lowest BCUT2D eigenvalue weighted by Gasteiger charge is -2.14. The van der Waals surface area contributed by atoms with Crippen molar-refractivity contribution in [3.05, 3.63) is 69.5 Å². The third-order valence-electron chi connectivity index (χ3n) is 4.18. The van der Waals surface area contributed by atoms with Crippen LogP contribution < -0.4 is 5.73 Å². The lowest BCUT2D eigenvalue weighted by atomic mass is 10.0. The highest BCUT2D eigenvalue weighted by atomic mass is 35.5. The Hall–Kier alpha value is -1.98. The number of aliphatic hydroxyl groups is 1. The lowest BCUT2D eigenvalue weighted by Crippen LogP contribution is -2.06. The van der Waals surface area contributed by atoms with Crippen molar-refractivity contribution in [3.8, 4) is 22.5 Å². The van der Waals surface area contributed by atoms with Crippen molar-refractivity contribution >= 4 is 23.2 Å². The van der Waals surface area contributed by atoms with Crippen molar-refractivity contribution in [3.63, 3.8) is 0 Å². The van der Waals surface area contributed by atoms with Gasteiger partial charge in [0.2, 0.25) is 0 Å². The SMILES string of the molecule is Cc1nc(-c2cccc(C(C)N)c2)c(CO)nc1-c1cccc(Cl)c1Cl. The molecule has 3 N–H and O–H groups in total. The van der Waals surface area contributed by atoms with E-state index in [2.05, 4.69) is 4.98 Å². The van der Waals surface area contributed by atoms with Crippen molar-refractivity contribution in [2.45, 2.75) is 26.5 Å². The minimum absolute atomic E-state index is 0.0916. The monoisotopic (exact) mass is 387 g/mol. The predicted octanol–water partition coefficient (Wildman–Crippen LogP) is 4.94. The number of aryl methyl sites for hydroxylation is 1. The Labute approximate surface area is 162 Å². The van der Waals surface area contributed by atoms with E-state index in [1.807, 2.05) is 50.2 Å². The molecule has 134 valence electrons. The number of nitrogens with two attached hydrogens (primary N) is 1. The highest BCUT2D eigenvalue weighted by molar-refractivity contribution is 6.43. The predicted molar refractivity (Wildman–Crippen MR) is 106 cm³/mol. The maximum Gasteiger partial charge on any atom is 0.0945 e. The molecule has 1 aromatic heterocycles. The number of hydrogen-bond donors (Lipinski definition) is 2. The molecule has 0 aliphatic rings. The first kappa shape index (κ1) is 18.8. The van der Waals surface area contributed by atoms with Gasteiger partial charge in [-0.25, -0.2) is 9.97 Å². The van der Waals surface area contributed by atoms with Crippen molar-refractivity contribution < 1.29 is 5.11 Å². The molecule has 1 atom stereocenters. The topological polar surface area (TPSA) is 72.0 Å². The maximum atomic E-state index is 9.86. The summed E-state index contributed by atoms with van der Waals surface area (Å²) in [6.07, 6.45) is 0. The van der Waals surface area contributed by atoms with Gasteiger partial charge in [-0.1, -0.05) is 53.5 Å². The number of rotatable bonds is 4. The highest BCUT2D eigenvalue weighted by Crippen LogP contribution is 2.35. The van der Waals surface area contributed by atoms with Gasteiger partial charge in [0, 0.05) is 17.2 Å². The van der Waals surface area contributed by atoms with E-state index in [9.17, 15) is 5.11 Å². The van der Waals surface area contributed by atoms with Crippen LogP contribution in [0.3, 0.4) is 0 Å². The third-order valence-corrected chi connectivity index (χ3v) is 5.00. The molecule has 0 saturated carbocycles. The van der Waals surface area contributed by atoms with Gasteiger partial charge in [0.05, 0.1) is 39.4 Å². The molecule has 3 aromatic rings. The Kier molecular flexibility index (Phi) is 5.58. The smallest absolute Gasteiger partial charge is 0.0945 e. The first-order valence-electron chi connectivity index (χ1n) is 8.21. The van der Waals surface area contributed by atoms with Gasteiger partial charge < -0.3 is 10.8 Å². The van der Waals surface area contributed by atoms with Crippen molar-refractivity contribution in [1.82, 2.24) is 9.97 Å². The molecule has 6 heteroatoms. The molecule has 4 nitrogen and oxygen atoms in total. The molecule has 0 fully saturated rings. The number of nitrogens with zero attached hydrogens (tertiary/aromatic N) is 2. The fraction of sp³-hybridized carbons (Fsp3) is 0.200. The Morgan fingerprint density at radius 2 is 1.81 bits per heavy atom. The minimum atomic E-state index is -0.240. The van der Waals surface area contributed by atoms with Gasteiger partial charge in [-0.15, -0.1) is 0 Å². The summed E-state index contributed by atoms with van der Waals surface area (Å²) in [6, 6.07) is 13.1. The number of aromatic nitrogens is 2. The van der Waals surface area contributed by atoms with E-state index in [0.717, 1.165) is 11.1 Å². The zero-order valence-corrected chi connectivity index (χ0v) is 16.0. The van der Waals surface area contributed by atoms with Gasteiger partial charge in [-0.05, 0) is 31.5 Å². The number of benzene rings is 2. The molecule has 0 aliphatic carbocycles. The molecular formula is C20H19Cl2N3O. The molecule has 0 spiro atoms. The van der Waals surface area contributed by atoms with Gasteiger partial charge in [0.15, 0.2) is 0 Å². The summed E-state index contributed by atoms with van der Waals surface area (Å²) in [5.74, 6) is 0. The molecule has 0 amide bonds. The van der Waals surface area contributed by atoms with Crippen LogP contribution in [0.2, 0.25) is 10.0 Å². The first-order valence-corrected chi connectivity index (χ1v) is 8.96. The zero-order valence-electron chi connectivity index (χ0n) is 14.5. The second-order valence-electron chi connectivity index (χ2n) is 6.13. The molecule has 2 aromatic carbocycles. The Balaban J connectivity index is 2.17. The van der Waals surface area contributed by atoms with Gasteiger partial charge in [0.1, 0.15) is 0 Å². The van der Waals surface area contributed by atoms with Gasteiger partial charge >= 0.3 is 0 Å². The van der Waals surface area contributed by atoms with E-state index in [1.54, 1.807) is 6.07 Å². The highest BCUT2D eigenvalue weighted by Gasteiger charge is 2.17. The standard InChI is InChI=1S/C20H19Cl2N3O/c1-11(23)13-5-3-6-14(9-13)20-17(10-26)25-19(12(2)24-20)15-7-4-8-16(21)18(15)22/h3-9,11,26H,10,23H2,1-2H3. The summed E-state index contributed by atoms with van der Waals surface area (Å²) in [5.41, 5.74) is 10.9. The van der Waals surface area contributed by atoms with Crippen LogP contribution in [0.1, 0.15) is 29.9 Å². The number of halogens is 2. The van der Waals surface area contributed by atoms with E-state index in [-0.39, 0.29) is 12.6 Å². The summed E-state index contributed by atoms with van der Waals surface area (Å²) in [6.45, 7) is 3.54. The van der Waals surface area contributed by atoms with Crippen LogP contribution in [0.25, 0.3) is 22.5 Å². The maximum absolute atomic E-state index is 9.86. The van der Waals surface area contributed by atoms with Gasteiger partial charge in [-0.2, -0.15) is 0 Å². The average Bonchev–Trinajstić information content (AvgIpc) is 2.64. The molecule has 0 bridgehead atoms. The lowest BCUT2D eigenvalue weighted by molar-refractivity contribution is 0.277. The minimum Gasteiger partial charge on any atom is -0.390 e. The van der Waals surface area contributed by atoms with E-state index in [1.165, 1.54) is 0 Å². The fourth-order valence-electron chi connectivity index (χ4n) is 2.81. The van der Waals surface area contributed by atoms with Gasteiger partial charge in [-0.3, -0.25) is 0 Å². The van der Waals surface area contributed by atoms with Crippen molar-refractivity contribution in [1.29, 1.82) is 0 Å². The van der Waals surface area contributed by atoms with Crippen LogP contribution in [0.15, 0.2) is 42.5 Å². The summed E-state index contributed by atoms with van der Waals surface area (Å²) in [5, 5.41) is 10.7. The molecule has 0 saturated heterocycles. The molecule has 3 rings (SSSR count). The quantitative estimate of drug-likeness (QED) is 0.664. The van der Waals surface area contributed by atoms with Crippen LogP contribution in [-0.4, -0.2) is 15.1 Å². The normalized spacial score (nSPS) is 12.2.